The van der Waals surface area contributed by atoms with Gasteiger partial charge in [-0.2, -0.15) is 0 Å². The highest BCUT2D eigenvalue weighted by atomic mass is 16.6. The number of rotatable bonds is 5. The van der Waals surface area contributed by atoms with E-state index in [1.165, 1.54) is 0 Å². The Hall–Kier alpha value is -1.14. The number of carbonyl (C=O) groups excluding carboxylic acids is 2. The van der Waals surface area contributed by atoms with Crippen molar-refractivity contribution in [3.8, 4) is 0 Å². The molecule has 6 heteroatoms. The number of esters is 1. The van der Waals surface area contributed by atoms with E-state index in [0.29, 0.717) is 19.3 Å². The summed E-state index contributed by atoms with van der Waals surface area (Å²) in [6.45, 7) is 3.78. The van der Waals surface area contributed by atoms with Crippen LogP contribution in [-0.4, -0.2) is 42.5 Å². The van der Waals surface area contributed by atoms with E-state index in [9.17, 15) is 14.7 Å². The van der Waals surface area contributed by atoms with Gasteiger partial charge in [-0.25, -0.2) is 4.79 Å². The minimum Gasteiger partial charge on any atom is -0.464 e. The third-order valence-corrected chi connectivity index (χ3v) is 2.79. The molecule has 0 saturated carbocycles. The molecule has 0 unspecified atom stereocenters. The highest BCUT2D eigenvalue weighted by Crippen LogP contribution is 2.26. The second-order valence-electron chi connectivity index (χ2n) is 4.15. The molecule has 1 fully saturated rings. The maximum atomic E-state index is 11.7. The van der Waals surface area contributed by atoms with Gasteiger partial charge in [0.1, 0.15) is 6.04 Å². The Morgan fingerprint density at radius 1 is 1.65 bits per heavy atom. The molecule has 0 spiro atoms. The maximum absolute atomic E-state index is 11.7. The molecule has 1 saturated heterocycles. The molecule has 0 aromatic rings. The predicted molar refractivity (Wildman–Crippen MR) is 58.9 cm³/mol. The molecular formula is C11H19NO5. The lowest BCUT2D eigenvalue weighted by atomic mass is 9.88. The Kier molecular flexibility index (Phi) is 5.37. The molecule has 6 nitrogen and oxygen atoms in total. The molecule has 0 aliphatic carbocycles. The van der Waals surface area contributed by atoms with E-state index in [0.717, 1.165) is 0 Å². The Morgan fingerprint density at radius 3 is 2.88 bits per heavy atom. The van der Waals surface area contributed by atoms with Crippen LogP contribution >= 0.6 is 0 Å². The van der Waals surface area contributed by atoms with E-state index in [2.05, 4.69) is 5.32 Å². The van der Waals surface area contributed by atoms with E-state index >= 15 is 0 Å². The summed E-state index contributed by atoms with van der Waals surface area (Å²) >= 11 is 0. The molecule has 1 aliphatic heterocycles. The Morgan fingerprint density at radius 2 is 2.35 bits per heavy atom. The van der Waals surface area contributed by atoms with Crippen molar-refractivity contribution < 1.29 is 24.2 Å². The quantitative estimate of drug-likeness (QED) is 0.517. The van der Waals surface area contributed by atoms with Crippen LogP contribution in [0.1, 0.15) is 26.7 Å². The molecule has 1 heterocycles. The Labute approximate surface area is 100 Å². The molecule has 0 aromatic heterocycles. The van der Waals surface area contributed by atoms with E-state index in [1.807, 2.05) is 6.92 Å². The summed E-state index contributed by atoms with van der Waals surface area (Å²) in [4.78, 5) is 22.2. The number of amides is 1. The fraction of sp³-hybridized carbons (Fsp3) is 0.818. The van der Waals surface area contributed by atoms with Gasteiger partial charge < -0.3 is 19.9 Å². The summed E-state index contributed by atoms with van der Waals surface area (Å²) in [6.07, 6.45) is 0.354. The van der Waals surface area contributed by atoms with Crippen molar-refractivity contribution in [3.63, 3.8) is 0 Å². The lowest BCUT2D eigenvalue weighted by Gasteiger charge is -2.34. The van der Waals surface area contributed by atoms with Gasteiger partial charge >= 0.3 is 5.97 Å². The Balaban J connectivity index is 2.68. The van der Waals surface area contributed by atoms with Gasteiger partial charge in [-0.3, -0.25) is 4.79 Å². The van der Waals surface area contributed by atoms with Crippen molar-refractivity contribution in [1.29, 1.82) is 0 Å². The van der Waals surface area contributed by atoms with Gasteiger partial charge in [0, 0.05) is 6.42 Å². The summed E-state index contributed by atoms with van der Waals surface area (Å²) in [5.74, 6) is -0.635. The first-order chi connectivity index (χ1) is 8.08. The lowest BCUT2D eigenvalue weighted by molar-refractivity contribution is -0.179. The first-order valence-electron chi connectivity index (χ1n) is 5.78. The van der Waals surface area contributed by atoms with Crippen molar-refractivity contribution in [3.05, 3.63) is 0 Å². The van der Waals surface area contributed by atoms with Crippen LogP contribution in [0.3, 0.4) is 0 Å². The fourth-order valence-electron chi connectivity index (χ4n) is 2.13. The fourth-order valence-corrected chi connectivity index (χ4v) is 2.13. The van der Waals surface area contributed by atoms with Gasteiger partial charge in [0.15, 0.2) is 6.29 Å². The third kappa shape index (κ3) is 3.98. The average Bonchev–Trinajstić information content (AvgIpc) is 2.24. The second kappa shape index (κ2) is 6.56. The van der Waals surface area contributed by atoms with Crippen LogP contribution < -0.4 is 5.32 Å². The van der Waals surface area contributed by atoms with Crippen LogP contribution in [-0.2, 0) is 19.1 Å². The van der Waals surface area contributed by atoms with Crippen LogP contribution in [0.4, 0.5) is 0 Å². The van der Waals surface area contributed by atoms with Crippen molar-refractivity contribution in [2.24, 2.45) is 5.92 Å². The number of nitrogens with one attached hydrogen (secondary N) is 1. The second-order valence-corrected chi connectivity index (χ2v) is 4.15. The van der Waals surface area contributed by atoms with Gasteiger partial charge in [-0.15, -0.1) is 0 Å². The molecule has 0 bridgehead atoms. The minimum absolute atomic E-state index is 0.144. The van der Waals surface area contributed by atoms with Crippen molar-refractivity contribution in [2.45, 2.75) is 45.1 Å². The zero-order valence-corrected chi connectivity index (χ0v) is 10.1. The molecule has 0 aromatic carbocycles. The third-order valence-electron chi connectivity index (χ3n) is 2.79. The Bertz CT molecular complexity index is 261. The monoisotopic (exact) mass is 245 g/mol. The van der Waals surface area contributed by atoms with Crippen molar-refractivity contribution in [2.75, 3.05) is 6.61 Å². The van der Waals surface area contributed by atoms with Crippen molar-refractivity contribution in [1.82, 2.24) is 5.32 Å². The molecular weight excluding hydrogens is 226 g/mol. The molecule has 4 atom stereocenters. The van der Waals surface area contributed by atoms with Gasteiger partial charge in [0.2, 0.25) is 6.41 Å². The predicted octanol–water partition coefficient (Wildman–Crippen LogP) is -0.202. The van der Waals surface area contributed by atoms with E-state index in [1.54, 1.807) is 6.92 Å². The molecule has 1 aliphatic rings. The summed E-state index contributed by atoms with van der Waals surface area (Å²) in [5, 5.41) is 11.9. The number of hydrogen-bond donors (Lipinski definition) is 2. The van der Waals surface area contributed by atoms with Gasteiger partial charge in [0.05, 0.1) is 12.7 Å². The number of carbonyl (C=O) groups is 2. The molecule has 1 amide bonds. The van der Waals surface area contributed by atoms with Crippen molar-refractivity contribution >= 4 is 12.4 Å². The molecule has 98 valence electrons. The van der Waals surface area contributed by atoms with Gasteiger partial charge in [-0.1, -0.05) is 0 Å². The molecule has 1 rings (SSSR count). The van der Waals surface area contributed by atoms with E-state index in [4.69, 9.17) is 9.47 Å². The summed E-state index contributed by atoms with van der Waals surface area (Å²) in [7, 11) is 0. The van der Waals surface area contributed by atoms with Crippen LogP contribution in [0.2, 0.25) is 0 Å². The number of ether oxygens (including phenoxy) is 2. The summed E-state index contributed by atoms with van der Waals surface area (Å²) in [6, 6.07) is -0.714. The normalized spacial score (nSPS) is 30.4. The van der Waals surface area contributed by atoms with E-state index < -0.39 is 18.3 Å². The number of aliphatic hydroxyl groups excluding tert-OH is 1. The first kappa shape index (κ1) is 13.9. The number of aliphatic hydroxyl groups is 1. The number of hydrogen-bond acceptors (Lipinski definition) is 5. The molecule has 17 heavy (non-hydrogen) atoms. The van der Waals surface area contributed by atoms with Crippen LogP contribution in [0.25, 0.3) is 0 Å². The lowest BCUT2D eigenvalue weighted by Crippen LogP contribution is -2.48. The van der Waals surface area contributed by atoms with E-state index in [-0.39, 0.29) is 18.6 Å². The summed E-state index contributed by atoms with van der Waals surface area (Å²) < 4.78 is 10.1. The molecule has 2 N–H and O–H groups in total. The summed E-state index contributed by atoms with van der Waals surface area (Å²) in [5.41, 5.74) is 0. The smallest absolute Gasteiger partial charge is 0.328 e. The highest BCUT2D eigenvalue weighted by Gasteiger charge is 2.35. The zero-order chi connectivity index (χ0) is 12.8. The first-order valence-corrected chi connectivity index (χ1v) is 5.78. The zero-order valence-electron chi connectivity index (χ0n) is 10.1. The van der Waals surface area contributed by atoms with Crippen LogP contribution in [0, 0.1) is 5.92 Å². The van der Waals surface area contributed by atoms with Gasteiger partial charge in [0.25, 0.3) is 0 Å². The van der Waals surface area contributed by atoms with Gasteiger partial charge in [-0.05, 0) is 26.2 Å². The maximum Gasteiger partial charge on any atom is 0.328 e. The minimum atomic E-state index is -0.894. The SMILES string of the molecule is CCOC(=O)[C@@H](NC=O)[C@@H]1C[C@@H](C)O[C@H](O)C1. The standard InChI is InChI=1S/C11H19NO5/c1-3-16-11(15)10(12-6-13)8-4-7(2)17-9(14)5-8/h6-10,14H,3-5H2,1-2H3,(H,12,13)/t7-,8-,9+,10+/m1/s1. The molecule has 0 radical (unpaired) electrons. The average molecular weight is 245 g/mol. The topological polar surface area (TPSA) is 84.9 Å². The van der Waals surface area contributed by atoms with Crippen LogP contribution in [0.5, 0.6) is 0 Å². The largest absolute Gasteiger partial charge is 0.464 e. The highest BCUT2D eigenvalue weighted by molar-refractivity contribution is 5.78. The van der Waals surface area contributed by atoms with Crippen LogP contribution in [0.15, 0.2) is 0 Å².